The van der Waals surface area contributed by atoms with Crippen LogP contribution in [-0.2, 0) is 4.74 Å². The first kappa shape index (κ1) is 25.0. The molecule has 0 aliphatic carbocycles. The third-order valence-corrected chi connectivity index (χ3v) is 7.77. The second kappa shape index (κ2) is 8.87. The molecule has 0 bridgehead atoms. The van der Waals surface area contributed by atoms with E-state index in [9.17, 15) is 25.5 Å². The second-order valence-electron chi connectivity index (χ2n) is 9.72. The van der Waals surface area contributed by atoms with Gasteiger partial charge >= 0.3 is 0 Å². The summed E-state index contributed by atoms with van der Waals surface area (Å²) in [6, 6.07) is 10.2. The summed E-state index contributed by atoms with van der Waals surface area (Å²) in [5.41, 5.74) is 2.73. The average molecular weight is 528 g/mol. The minimum Gasteiger partial charge on any atom is -0.493 e. The van der Waals surface area contributed by atoms with E-state index in [1.54, 1.807) is 18.0 Å². The number of fused-ring (bicyclic) bond motifs is 6. The monoisotopic (exact) mass is 527 g/mol. The Kier molecular flexibility index (Phi) is 5.83. The smallest absolute Gasteiger partial charge is 0.231 e. The van der Waals surface area contributed by atoms with Crippen molar-refractivity contribution in [3.63, 3.8) is 0 Å². The lowest BCUT2D eigenvalue weighted by atomic mass is 9.79. The zero-order valence-electron chi connectivity index (χ0n) is 21.0. The molecule has 5 N–H and O–H groups in total. The Labute approximate surface area is 217 Å². The van der Waals surface area contributed by atoms with Crippen LogP contribution in [0.2, 0.25) is 0 Å². The van der Waals surface area contributed by atoms with Gasteiger partial charge in [0.1, 0.15) is 24.4 Å². The fraction of sp³-hybridized carbons (Fsp3) is 0.407. The summed E-state index contributed by atoms with van der Waals surface area (Å²) in [4.78, 5) is 1.76. The van der Waals surface area contributed by atoms with E-state index in [1.165, 1.54) is 14.2 Å². The molecule has 0 aromatic heterocycles. The molecule has 6 atom stereocenters. The lowest BCUT2D eigenvalue weighted by Crippen LogP contribution is -2.67. The minimum atomic E-state index is -2.62. The number of methoxy groups -OCH3 is 2. The Morgan fingerprint density at radius 2 is 1.71 bits per heavy atom. The maximum Gasteiger partial charge on any atom is 0.231 e. The molecule has 1 saturated heterocycles. The van der Waals surface area contributed by atoms with Crippen LogP contribution in [0, 0.1) is 0 Å². The molecule has 38 heavy (non-hydrogen) atoms. The number of hydrogen-bond acceptors (Lipinski definition) is 11. The molecule has 3 aromatic rings. The lowest BCUT2D eigenvalue weighted by Gasteiger charge is -2.49. The van der Waals surface area contributed by atoms with Gasteiger partial charge in [0.15, 0.2) is 23.0 Å². The summed E-state index contributed by atoms with van der Waals surface area (Å²) < 4.78 is 27.8. The first-order valence-corrected chi connectivity index (χ1v) is 12.1. The van der Waals surface area contributed by atoms with Crippen molar-refractivity contribution >= 4 is 16.5 Å². The molecule has 6 rings (SSSR count). The zero-order valence-corrected chi connectivity index (χ0v) is 21.0. The Hall–Kier alpha value is -3.32. The molecule has 11 nitrogen and oxygen atoms in total. The van der Waals surface area contributed by atoms with Gasteiger partial charge in [-0.2, -0.15) is 0 Å². The highest BCUT2D eigenvalue weighted by Crippen LogP contribution is 2.55. The maximum absolute atomic E-state index is 11.8. The molecule has 3 aliphatic heterocycles. The first-order valence-electron chi connectivity index (χ1n) is 12.1. The quantitative estimate of drug-likeness (QED) is 0.329. The van der Waals surface area contributed by atoms with Gasteiger partial charge in [0, 0.05) is 23.6 Å². The molecular weight excluding hydrogens is 498 g/mol. The van der Waals surface area contributed by atoms with E-state index in [4.69, 9.17) is 23.7 Å². The minimum absolute atomic E-state index is 0.112. The number of aliphatic hydroxyl groups is 5. The van der Waals surface area contributed by atoms with Gasteiger partial charge in [-0.3, -0.25) is 0 Å². The van der Waals surface area contributed by atoms with Crippen LogP contribution in [-0.4, -0.2) is 90.4 Å². The predicted molar refractivity (Wildman–Crippen MR) is 135 cm³/mol. The van der Waals surface area contributed by atoms with Crippen molar-refractivity contribution in [2.45, 2.75) is 36.2 Å². The van der Waals surface area contributed by atoms with E-state index < -0.39 is 42.9 Å². The van der Waals surface area contributed by atoms with Gasteiger partial charge in [0.2, 0.25) is 12.6 Å². The highest BCUT2D eigenvalue weighted by molar-refractivity contribution is 6.05. The van der Waals surface area contributed by atoms with Crippen LogP contribution in [0.3, 0.4) is 0 Å². The fourth-order valence-electron chi connectivity index (χ4n) is 5.82. The molecule has 11 heteroatoms. The van der Waals surface area contributed by atoms with Crippen LogP contribution in [0.5, 0.6) is 23.0 Å². The normalized spacial score (nSPS) is 28.6. The van der Waals surface area contributed by atoms with Crippen LogP contribution >= 0.6 is 0 Å². The van der Waals surface area contributed by atoms with Gasteiger partial charge in [-0.15, -0.1) is 0 Å². The van der Waals surface area contributed by atoms with Gasteiger partial charge < -0.3 is 54.1 Å². The molecule has 1 fully saturated rings. The first-order chi connectivity index (χ1) is 18.2. The second-order valence-corrected chi connectivity index (χ2v) is 9.72. The Morgan fingerprint density at radius 1 is 1.00 bits per heavy atom. The summed E-state index contributed by atoms with van der Waals surface area (Å²) in [6.45, 7) is -0.380. The SMILES string of the molecule is COc1ccc2c(c1OC)C(C(O)[C@]1(O)OC[C@@H](O)[C@@H](O)[C@@H]1O)N(C)c1c-2ccc2cc3c(cc12)OCO3. The van der Waals surface area contributed by atoms with Crippen molar-refractivity contribution in [2.24, 2.45) is 0 Å². The van der Waals surface area contributed by atoms with Gasteiger partial charge in [-0.25, -0.2) is 0 Å². The number of likely N-dealkylation sites (N-methyl/N-ethyl adjacent to an activating group) is 1. The number of benzene rings is 3. The van der Waals surface area contributed by atoms with Crippen LogP contribution in [0.15, 0.2) is 36.4 Å². The number of nitrogens with zero attached hydrogens (tertiary/aromatic N) is 1. The molecule has 0 saturated carbocycles. The van der Waals surface area contributed by atoms with Gasteiger partial charge in [-0.05, 0) is 35.2 Å². The van der Waals surface area contributed by atoms with Gasteiger partial charge in [0.05, 0.1) is 32.6 Å². The van der Waals surface area contributed by atoms with Crippen LogP contribution < -0.4 is 23.8 Å². The number of anilines is 1. The van der Waals surface area contributed by atoms with E-state index in [0.29, 0.717) is 34.1 Å². The molecule has 202 valence electrons. The standard InChI is InChI=1S/C27H29NO10/c1-28-21-14(5-4-12-8-18-19(9-15(12)21)37-11-36-18)13-6-7-17(34-2)24(35-3)20(13)22(28)25(31)27(33)26(32)23(30)16(29)10-38-27/h4-9,16,22-23,25-26,29-33H,10-11H2,1-3H3/t16-,22?,23-,25?,26+,27+/m1/s1. The van der Waals surface area contributed by atoms with Crippen molar-refractivity contribution in [1.29, 1.82) is 0 Å². The molecule has 3 heterocycles. The largest absolute Gasteiger partial charge is 0.493 e. The molecule has 3 aliphatic rings. The topological polar surface area (TPSA) is 151 Å². The lowest BCUT2D eigenvalue weighted by molar-refractivity contribution is -0.354. The fourth-order valence-corrected chi connectivity index (χ4v) is 5.82. The summed E-state index contributed by atoms with van der Waals surface area (Å²) in [7, 11) is 4.70. The van der Waals surface area contributed by atoms with E-state index in [-0.39, 0.29) is 6.79 Å². The average Bonchev–Trinajstić information content (AvgIpc) is 3.39. The molecule has 0 radical (unpaired) electrons. The van der Waals surface area contributed by atoms with E-state index >= 15 is 0 Å². The van der Waals surface area contributed by atoms with Crippen molar-refractivity contribution in [1.82, 2.24) is 0 Å². The van der Waals surface area contributed by atoms with Gasteiger partial charge in [-0.1, -0.05) is 12.1 Å². The van der Waals surface area contributed by atoms with Crippen LogP contribution in [0.25, 0.3) is 21.9 Å². The highest BCUT2D eigenvalue weighted by Gasteiger charge is 2.57. The predicted octanol–water partition coefficient (Wildman–Crippen LogP) is 0.906. The maximum atomic E-state index is 11.8. The van der Waals surface area contributed by atoms with Crippen molar-refractivity contribution in [2.75, 3.05) is 39.6 Å². The Morgan fingerprint density at radius 3 is 2.42 bits per heavy atom. The Balaban J connectivity index is 1.60. The van der Waals surface area contributed by atoms with Gasteiger partial charge in [0.25, 0.3) is 0 Å². The summed E-state index contributed by atoms with van der Waals surface area (Å²) >= 11 is 0. The number of aliphatic hydroxyl groups excluding tert-OH is 4. The summed E-state index contributed by atoms with van der Waals surface area (Å²) in [6.07, 6.45) is -6.99. The van der Waals surface area contributed by atoms with E-state index in [0.717, 1.165) is 22.0 Å². The van der Waals surface area contributed by atoms with Crippen LogP contribution in [0.4, 0.5) is 5.69 Å². The Bertz CT molecular complexity index is 1410. The van der Waals surface area contributed by atoms with Crippen molar-refractivity contribution in [3.8, 4) is 34.1 Å². The zero-order chi connectivity index (χ0) is 26.9. The van der Waals surface area contributed by atoms with Crippen molar-refractivity contribution < 1.29 is 49.2 Å². The molecule has 2 unspecified atom stereocenters. The number of hydrogen-bond donors (Lipinski definition) is 5. The summed E-state index contributed by atoms with van der Waals surface area (Å²) in [5, 5.41) is 55.9. The molecular formula is C27H29NO10. The third-order valence-electron chi connectivity index (χ3n) is 7.77. The number of ether oxygens (including phenoxy) is 5. The van der Waals surface area contributed by atoms with Crippen LogP contribution in [0.1, 0.15) is 11.6 Å². The number of rotatable bonds is 4. The third kappa shape index (κ3) is 3.37. The van der Waals surface area contributed by atoms with E-state index in [1.807, 2.05) is 30.3 Å². The van der Waals surface area contributed by atoms with Crippen molar-refractivity contribution in [3.05, 3.63) is 42.0 Å². The van der Waals surface area contributed by atoms with E-state index in [2.05, 4.69) is 0 Å². The molecule has 0 spiro atoms. The summed E-state index contributed by atoms with van der Waals surface area (Å²) in [5.74, 6) is -0.691. The highest BCUT2D eigenvalue weighted by atomic mass is 16.7. The molecule has 0 amide bonds. The molecule has 3 aromatic carbocycles.